The van der Waals surface area contributed by atoms with E-state index in [1.807, 2.05) is 6.92 Å². The molecule has 0 spiro atoms. The molecule has 0 radical (unpaired) electrons. The van der Waals surface area contributed by atoms with Crippen molar-refractivity contribution >= 4 is 11.7 Å². The van der Waals surface area contributed by atoms with Crippen molar-refractivity contribution in [1.82, 2.24) is 0 Å². The summed E-state index contributed by atoms with van der Waals surface area (Å²) in [5, 5.41) is 21.1. The van der Waals surface area contributed by atoms with Gasteiger partial charge in [0.25, 0.3) is 0 Å². The van der Waals surface area contributed by atoms with Gasteiger partial charge >= 0.3 is 5.97 Å². The average molecular weight is 265 g/mol. The van der Waals surface area contributed by atoms with Crippen LogP contribution in [-0.2, 0) is 0 Å². The highest BCUT2D eigenvalue weighted by Crippen LogP contribution is 2.24. The summed E-state index contributed by atoms with van der Waals surface area (Å²) >= 11 is 0. The zero-order chi connectivity index (χ0) is 14.5. The van der Waals surface area contributed by atoms with Gasteiger partial charge < -0.3 is 15.5 Å². The minimum Gasteiger partial charge on any atom is -0.478 e. The van der Waals surface area contributed by atoms with Gasteiger partial charge in [0.05, 0.1) is 5.56 Å². The topological polar surface area (TPSA) is 69.6 Å². The van der Waals surface area contributed by atoms with E-state index in [9.17, 15) is 4.79 Å². The van der Waals surface area contributed by atoms with Crippen molar-refractivity contribution in [3.05, 3.63) is 29.3 Å². The van der Waals surface area contributed by atoms with E-state index in [1.165, 1.54) is 0 Å². The van der Waals surface area contributed by atoms with Crippen molar-refractivity contribution in [2.45, 2.75) is 33.6 Å². The second kappa shape index (κ2) is 6.57. The van der Waals surface area contributed by atoms with E-state index in [4.69, 9.17) is 10.2 Å². The minimum absolute atomic E-state index is 0.0979. The summed E-state index contributed by atoms with van der Waals surface area (Å²) < 4.78 is 0. The molecule has 3 N–H and O–H groups in total. The summed E-state index contributed by atoms with van der Waals surface area (Å²) in [5.74, 6) is -0.905. The largest absolute Gasteiger partial charge is 0.478 e. The van der Waals surface area contributed by atoms with Crippen molar-refractivity contribution in [2.75, 3.05) is 18.5 Å². The number of aliphatic hydroxyl groups is 1. The van der Waals surface area contributed by atoms with Crippen molar-refractivity contribution in [3.8, 4) is 0 Å². The number of rotatable bonds is 7. The third-order valence-electron chi connectivity index (χ3n) is 3.24. The molecule has 0 fully saturated rings. The van der Waals surface area contributed by atoms with Crippen molar-refractivity contribution in [1.29, 1.82) is 0 Å². The molecule has 0 aliphatic rings. The van der Waals surface area contributed by atoms with E-state index < -0.39 is 5.97 Å². The van der Waals surface area contributed by atoms with Gasteiger partial charge in [0, 0.05) is 18.8 Å². The van der Waals surface area contributed by atoms with Gasteiger partial charge in [-0.1, -0.05) is 13.8 Å². The van der Waals surface area contributed by atoms with Crippen LogP contribution in [0, 0.1) is 12.3 Å². The Bertz CT molecular complexity index is 441. The zero-order valence-corrected chi connectivity index (χ0v) is 11.9. The first-order chi connectivity index (χ1) is 8.85. The van der Waals surface area contributed by atoms with Crippen LogP contribution in [0.15, 0.2) is 18.2 Å². The predicted molar refractivity (Wildman–Crippen MR) is 76.7 cm³/mol. The van der Waals surface area contributed by atoms with Crippen LogP contribution < -0.4 is 5.32 Å². The van der Waals surface area contributed by atoms with Crippen molar-refractivity contribution < 1.29 is 15.0 Å². The predicted octanol–water partition coefficient (Wildman–Crippen LogP) is 2.90. The molecule has 0 aliphatic heterocycles. The summed E-state index contributed by atoms with van der Waals surface area (Å²) in [6, 6.07) is 5.09. The fourth-order valence-electron chi connectivity index (χ4n) is 1.98. The molecule has 4 heteroatoms. The number of anilines is 1. The maximum Gasteiger partial charge on any atom is 0.335 e. The molecule has 19 heavy (non-hydrogen) atoms. The molecule has 1 aromatic carbocycles. The highest BCUT2D eigenvalue weighted by molar-refractivity contribution is 5.88. The van der Waals surface area contributed by atoms with Crippen LogP contribution in [0.5, 0.6) is 0 Å². The average Bonchev–Trinajstić information content (AvgIpc) is 2.35. The monoisotopic (exact) mass is 265 g/mol. The Morgan fingerprint density at radius 3 is 2.58 bits per heavy atom. The maximum absolute atomic E-state index is 10.9. The number of carbonyl (C=O) groups is 1. The minimum atomic E-state index is -0.905. The quantitative estimate of drug-likeness (QED) is 0.709. The molecule has 0 aliphatic carbocycles. The van der Waals surface area contributed by atoms with Crippen LogP contribution >= 0.6 is 0 Å². The molecule has 0 unspecified atom stereocenters. The number of aliphatic hydroxyl groups excluding tert-OH is 1. The Kier molecular flexibility index (Phi) is 5.36. The van der Waals surface area contributed by atoms with Crippen LogP contribution in [-0.4, -0.2) is 29.3 Å². The third kappa shape index (κ3) is 4.91. The van der Waals surface area contributed by atoms with Gasteiger partial charge in [-0.3, -0.25) is 0 Å². The lowest BCUT2D eigenvalue weighted by atomic mass is 9.87. The lowest BCUT2D eigenvalue weighted by Crippen LogP contribution is -2.23. The Morgan fingerprint density at radius 2 is 2.05 bits per heavy atom. The summed E-state index contributed by atoms with van der Waals surface area (Å²) in [6.07, 6.45) is 1.74. The van der Waals surface area contributed by atoms with Crippen LogP contribution in [0.25, 0.3) is 0 Å². The number of hydrogen-bond donors (Lipinski definition) is 3. The van der Waals surface area contributed by atoms with Crippen molar-refractivity contribution in [2.24, 2.45) is 5.41 Å². The Balaban J connectivity index is 2.65. The first-order valence-corrected chi connectivity index (χ1v) is 6.54. The van der Waals surface area contributed by atoms with Crippen LogP contribution in [0.1, 0.15) is 42.6 Å². The van der Waals surface area contributed by atoms with Gasteiger partial charge in [-0.15, -0.1) is 0 Å². The Hall–Kier alpha value is -1.55. The molecule has 0 amide bonds. The Labute approximate surface area is 114 Å². The van der Waals surface area contributed by atoms with Gasteiger partial charge in [0.15, 0.2) is 0 Å². The number of carboxylic acids is 1. The molecule has 4 nitrogen and oxygen atoms in total. The number of benzene rings is 1. The summed E-state index contributed by atoms with van der Waals surface area (Å²) in [6.45, 7) is 7.21. The number of hydrogen-bond acceptors (Lipinski definition) is 3. The molecule has 0 saturated carbocycles. The van der Waals surface area contributed by atoms with E-state index in [2.05, 4.69) is 19.2 Å². The number of carboxylic acid groups (broad SMARTS) is 1. The molecule has 1 aromatic rings. The molecule has 0 aromatic heterocycles. The van der Waals surface area contributed by atoms with Crippen LogP contribution in [0.4, 0.5) is 5.69 Å². The van der Waals surface area contributed by atoms with Gasteiger partial charge in [-0.2, -0.15) is 0 Å². The SMILES string of the molecule is Cc1cc(C(=O)O)ccc1NCC(C)(C)CCCO. The highest BCUT2D eigenvalue weighted by atomic mass is 16.4. The number of aryl methyl sites for hydroxylation is 1. The second-order valence-corrected chi connectivity index (χ2v) is 5.68. The van der Waals surface area contributed by atoms with E-state index in [0.717, 1.165) is 30.6 Å². The van der Waals surface area contributed by atoms with Crippen LogP contribution in [0.3, 0.4) is 0 Å². The summed E-state index contributed by atoms with van der Waals surface area (Å²) in [7, 11) is 0. The highest BCUT2D eigenvalue weighted by Gasteiger charge is 2.17. The zero-order valence-electron chi connectivity index (χ0n) is 11.9. The first kappa shape index (κ1) is 15.5. The molecule has 106 valence electrons. The van der Waals surface area contributed by atoms with Gasteiger partial charge in [0.1, 0.15) is 0 Å². The molecule has 0 saturated heterocycles. The number of nitrogens with one attached hydrogen (secondary N) is 1. The standard InChI is InChI=1S/C15H23NO3/c1-11-9-12(14(18)19)5-6-13(11)16-10-15(2,3)7-4-8-17/h5-6,9,16-17H,4,7-8,10H2,1-3H3,(H,18,19). The Morgan fingerprint density at radius 1 is 1.37 bits per heavy atom. The second-order valence-electron chi connectivity index (χ2n) is 5.68. The fraction of sp³-hybridized carbons (Fsp3) is 0.533. The maximum atomic E-state index is 10.9. The summed E-state index contributed by atoms with van der Waals surface area (Å²) in [4.78, 5) is 10.9. The molecular weight excluding hydrogens is 242 g/mol. The van der Waals surface area contributed by atoms with Crippen molar-refractivity contribution in [3.63, 3.8) is 0 Å². The summed E-state index contributed by atoms with van der Waals surface area (Å²) in [5.41, 5.74) is 2.29. The lowest BCUT2D eigenvalue weighted by Gasteiger charge is -2.25. The van der Waals surface area contributed by atoms with E-state index in [1.54, 1.807) is 18.2 Å². The first-order valence-electron chi connectivity index (χ1n) is 6.54. The molecule has 0 heterocycles. The normalized spacial score (nSPS) is 11.4. The fourth-order valence-corrected chi connectivity index (χ4v) is 1.98. The van der Waals surface area contributed by atoms with Crippen LogP contribution in [0.2, 0.25) is 0 Å². The van der Waals surface area contributed by atoms with E-state index in [-0.39, 0.29) is 12.0 Å². The van der Waals surface area contributed by atoms with Gasteiger partial charge in [-0.25, -0.2) is 4.79 Å². The van der Waals surface area contributed by atoms with E-state index in [0.29, 0.717) is 5.56 Å². The third-order valence-corrected chi connectivity index (χ3v) is 3.24. The molecule has 0 bridgehead atoms. The smallest absolute Gasteiger partial charge is 0.335 e. The van der Waals surface area contributed by atoms with E-state index >= 15 is 0 Å². The molecular formula is C15H23NO3. The molecule has 0 atom stereocenters. The number of aromatic carboxylic acids is 1. The van der Waals surface area contributed by atoms with Gasteiger partial charge in [0.2, 0.25) is 0 Å². The van der Waals surface area contributed by atoms with Gasteiger partial charge in [-0.05, 0) is 48.9 Å². The lowest BCUT2D eigenvalue weighted by molar-refractivity contribution is 0.0697. The molecule has 1 rings (SSSR count).